The smallest absolute Gasteiger partial charge is 0.0871 e. The SMILES string of the molecule is CCCCCCCCCCCC[NH+]([O-])C1CCCCC1. The molecule has 0 heterocycles. The zero-order valence-corrected chi connectivity index (χ0v) is 13.8. The molecule has 0 spiro atoms. The van der Waals surface area contributed by atoms with E-state index in [4.69, 9.17) is 0 Å². The van der Waals surface area contributed by atoms with Gasteiger partial charge in [0.15, 0.2) is 0 Å². The molecule has 0 amide bonds. The van der Waals surface area contributed by atoms with Crippen LogP contribution in [0.3, 0.4) is 0 Å². The maximum Gasteiger partial charge on any atom is 0.0871 e. The topological polar surface area (TPSA) is 27.5 Å². The predicted molar refractivity (Wildman–Crippen MR) is 87.9 cm³/mol. The monoisotopic (exact) mass is 283 g/mol. The molecule has 1 saturated carbocycles. The molecule has 1 atom stereocenters. The van der Waals surface area contributed by atoms with Gasteiger partial charge in [-0.05, 0) is 38.5 Å². The second-order valence-corrected chi connectivity index (χ2v) is 6.73. The van der Waals surface area contributed by atoms with Crippen LogP contribution in [0.4, 0.5) is 0 Å². The van der Waals surface area contributed by atoms with E-state index in [2.05, 4.69) is 6.92 Å². The van der Waals surface area contributed by atoms with Gasteiger partial charge in [-0.1, -0.05) is 64.7 Å². The lowest BCUT2D eigenvalue weighted by Gasteiger charge is -2.34. The van der Waals surface area contributed by atoms with Crippen molar-refractivity contribution in [2.75, 3.05) is 6.54 Å². The molecule has 2 heteroatoms. The zero-order chi connectivity index (χ0) is 14.5. The molecule has 20 heavy (non-hydrogen) atoms. The quantitative estimate of drug-likeness (QED) is 0.410. The molecule has 0 radical (unpaired) electrons. The molecule has 2 nitrogen and oxygen atoms in total. The van der Waals surface area contributed by atoms with Crippen molar-refractivity contribution < 1.29 is 5.06 Å². The number of rotatable bonds is 12. The third-order valence-electron chi connectivity index (χ3n) is 4.84. The van der Waals surface area contributed by atoms with Gasteiger partial charge in [0.1, 0.15) is 0 Å². The van der Waals surface area contributed by atoms with Crippen LogP contribution in [0.25, 0.3) is 0 Å². The van der Waals surface area contributed by atoms with Gasteiger partial charge >= 0.3 is 0 Å². The van der Waals surface area contributed by atoms with Crippen molar-refractivity contribution in [1.82, 2.24) is 0 Å². The van der Waals surface area contributed by atoms with E-state index < -0.39 is 0 Å². The van der Waals surface area contributed by atoms with E-state index in [0.717, 1.165) is 13.0 Å². The first-order valence-electron chi connectivity index (χ1n) is 9.37. The van der Waals surface area contributed by atoms with Crippen LogP contribution in [0.15, 0.2) is 0 Å². The van der Waals surface area contributed by atoms with Gasteiger partial charge < -0.3 is 10.3 Å². The maximum atomic E-state index is 12.0. The number of nitrogens with one attached hydrogen (secondary N) is 1. The van der Waals surface area contributed by atoms with Crippen LogP contribution < -0.4 is 5.06 Å². The summed E-state index contributed by atoms with van der Waals surface area (Å²) in [7, 11) is 0. The fourth-order valence-electron chi connectivity index (χ4n) is 3.42. The van der Waals surface area contributed by atoms with Gasteiger partial charge in [-0.2, -0.15) is 0 Å². The van der Waals surface area contributed by atoms with Crippen molar-refractivity contribution >= 4 is 0 Å². The van der Waals surface area contributed by atoms with Crippen molar-refractivity contribution in [3.05, 3.63) is 5.21 Å². The molecular weight excluding hydrogens is 246 g/mol. The first-order chi connectivity index (χ1) is 9.84. The Bertz CT molecular complexity index is 202. The van der Waals surface area contributed by atoms with Gasteiger partial charge in [0.25, 0.3) is 0 Å². The average Bonchev–Trinajstić information content (AvgIpc) is 2.50. The van der Waals surface area contributed by atoms with Crippen LogP contribution >= 0.6 is 0 Å². The normalized spacial score (nSPS) is 18.3. The van der Waals surface area contributed by atoms with Crippen LogP contribution in [0.5, 0.6) is 0 Å². The van der Waals surface area contributed by atoms with Crippen LogP contribution in [0.2, 0.25) is 0 Å². The third kappa shape index (κ3) is 8.97. The highest BCUT2D eigenvalue weighted by molar-refractivity contribution is 4.64. The largest absolute Gasteiger partial charge is 0.634 e. The fourth-order valence-corrected chi connectivity index (χ4v) is 3.42. The van der Waals surface area contributed by atoms with Gasteiger partial charge in [0.05, 0.1) is 12.6 Å². The Morgan fingerprint density at radius 3 is 1.80 bits per heavy atom. The summed E-state index contributed by atoms with van der Waals surface area (Å²) in [4.78, 5) is 0. The number of hydrogen-bond donors (Lipinski definition) is 1. The van der Waals surface area contributed by atoms with Crippen molar-refractivity contribution in [1.29, 1.82) is 0 Å². The molecule has 0 aromatic rings. The molecule has 1 aliphatic carbocycles. The molecule has 1 unspecified atom stereocenters. The molecule has 1 rings (SSSR count). The molecule has 120 valence electrons. The first-order valence-corrected chi connectivity index (χ1v) is 9.37. The Kier molecular flexibility index (Phi) is 11.4. The summed E-state index contributed by atoms with van der Waals surface area (Å²) in [6.45, 7) is 3.13. The predicted octanol–water partition coefficient (Wildman–Crippen LogP) is 4.62. The minimum atomic E-state index is 0.433. The van der Waals surface area contributed by atoms with E-state index in [1.807, 2.05) is 0 Å². The molecule has 0 aromatic heterocycles. The van der Waals surface area contributed by atoms with Gasteiger partial charge in [0.2, 0.25) is 0 Å². The molecular formula is C18H37NO. The second kappa shape index (κ2) is 12.6. The summed E-state index contributed by atoms with van der Waals surface area (Å²) in [6, 6.07) is 0.433. The summed E-state index contributed by atoms with van der Waals surface area (Å²) >= 11 is 0. The average molecular weight is 284 g/mol. The number of unbranched alkanes of at least 4 members (excludes halogenated alkanes) is 9. The van der Waals surface area contributed by atoms with Gasteiger partial charge in [0, 0.05) is 0 Å². The number of hydroxylamine groups is 2. The summed E-state index contributed by atoms with van der Waals surface area (Å²) in [5.74, 6) is 0. The molecule has 0 aromatic carbocycles. The molecule has 1 fully saturated rings. The van der Waals surface area contributed by atoms with Crippen molar-refractivity contribution in [2.24, 2.45) is 0 Å². The number of quaternary nitrogens is 1. The van der Waals surface area contributed by atoms with Gasteiger partial charge in [-0.25, -0.2) is 0 Å². The van der Waals surface area contributed by atoms with E-state index in [1.165, 1.54) is 89.9 Å². The Morgan fingerprint density at radius 2 is 1.25 bits per heavy atom. The fraction of sp³-hybridized carbons (Fsp3) is 1.00. The molecule has 1 aliphatic rings. The zero-order valence-electron chi connectivity index (χ0n) is 13.8. The molecule has 0 aliphatic heterocycles. The van der Waals surface area contributed by atoms with Crippen LogP contribution in [0.1, 0.15) is 103 Å². The lowest BCUT2D eigenvalue weighted by atomic mass is 9.95. The van der Waals surface area contributed by atoms with Crippen molar-refractivity contribution in [3.8, 4) is 0 Å². The van der Waals surface area contributed by atoms with E-state index in [-0.39, 0.29) is 0 Å². The maximum absolute atomic E-state index is 12.0. The summed E-state index contributed by atoms with van der Waals surface area (Å²) in [5.41, 5.74) is 0. The highest BCUT2D eigenvalue weighted by Gasteiger charge is 2.18. The van der Waals surface area contributed by atoms with Crippen LogP contribution in [0, 0.1) is 5.21 Å². The van der Waals surface area contributed by atoms with E-state index in [9.17, 15) is 5.21 Å². The minimum absolute atomic E-state index is 0.433. The van der Waals surface area contributed by atoms with Crippen LogP contribution in [-0.4, -0.2) is 12.6 Å². The second-order valence-electron chi connectivity index (χ2n) is 6.73. The summed E-state index contributed by atoms with van der Waals surface area (Å²) in [5, 5.41) is 12.6. The Hall–Kier alpha value is -0.0800. The summed E-state index contributed by atoms with van der Waals surface area (Å²) in [6.07, 6.45) is 19.8. The van der Waals surface area contributed by atoms with E-state index >= 15 is 0 Å². The lowest BCUT2D eigenvalue weighted by molar-refractivity contribution is -0.877. The highest BCUT2D eigenvalue weighted by atomic mass is 16.5. The highest BCUT2D eigenvalue weighted by Crippen LogP contribution is 2.15. The third-order valence-corrected chi connectivity index (χ3v) is 4.84. The minimum Gasteiger partial charge on any atom is -0.634 e. The van der Waals surface area contributed by atoms with Gasteiger partial charge in [-0.15, -0.1) is 0 Å². The van der Waals surface area contributed by atoms with Crippen molar-refractivity contribution in [3.63, 3.8) is 0 Å². The standard InChI is InChI=1S/C18H37NO/c1-2-3-4-5-6-7-8-9-10-14-17-19(20)18-15-12-11-13-16-18/h18-19H,2-17H2,1H3. The Morgan fingerprint density at radius 1 is 0.750 bits per heavy atom. The van der Waals surface area contributed by atoms with E-state index in [0.29, 0.717) is 11.1 Å². The molecule has 0 bridgehead atoms. The van der Waals surface area contributed by atoms with Crippen molar-refractivity contribution in [2.45, 2.75) is 109 Å². The lowest BCUT2D eigenvalue weighted by Crippen LogP contribution is -3.11. The van der Waals surface area contributed by atoms with E-state index in [1.54, 1.807) is 0 Å². The molecule has 1 N–H and O–H groups in total. The first kappa shape index (κ1) is 18.0. The number of hydrogen-bond acceptors (Lipinski definition) is 1. The Labute approximate surface area is 126 Å². The Balaban J connectivity index is 1.82. The van der Waals surface area contributed by atoms with Gasteiger partial charge in [-0.3, -0.25) is 0 Å². The van der Waals surface area contributed by atoms with Crippen LogP contribution in [-0.2, 0) is 0 Å². The molecule has 0 saturated heterocycles. The summed E-state index contributed by atoms with van der Waals surface area (Å²) < 4.78 is 0.